The Balaban J connectivity index is 0.00000182. The predicted molar refractivity (Wildman–Crippen MR) is 114 cm³/mol. The second-order valence-corrected chi connectivity index (χ2v) is 7.60. The van der Waals surface area contributed by atoms with Gasteiger partial charge < -0.3 is 15.4 Å². The van der Waals surface area contributed by atoms with Gasteiger partial charge in [-0.1, -0.05) is 24.6 Å². The van der Waals surface area contributed by atoms with E-state index >= 15 is 0 Å². The first-order chi connectivity index (χ1) is 12.1. The van der Waals surface area contributed by atoms with Crippen molar-refractivity contribution in [3.05, 3.63) is 45.9 Å². The molecular formula is C19H27Cl2N3O2S. The molecule has 0 aliphatic carbocycles. The van der Waals surface area contributed by atoms with Crippen molar-refractivity contribution in [3.8, 4) is 5.75 Å². The summed E-state index contributed by atoms with van der Waals surface area (Å²) < 4.78 is 5.74. The SMILES string of the molecule is Cc1ccc(OCc2nc(CC(=O)NC3CNCCC3C)cs2)cc1.Cl.Cl. The van der Waals surface area contributed by atoms with E-state index < -0.39 is 0 Å². The maximum atomic E-state index is 12.2. The minimum absolute atomic E-state index is 0. The van der Waals surface area contributed by atoms with E-state index in [0.29, 0.717) is 18.9 Å². The Morgan fingerprint density at radius 2 is 2.07 bits per heavy atom. The molecule has 2 atom stereocenters. The largest absolute Gasteiger partial charge is 0.486 e. The van der Waals surface area contributed by atoms with Crippen LogP contribution in [0.25, 0.3) is 0 Å². The van der Waals surface area contributed by atoms with Crippen LogP contribution in [0.15, 0.2) is 29.6 Å². The Hall–Kier alpha value is -1.34. The van der Waals surface area contributed by atoms with Gasteiger partial charge in [0.05, 0.1) is 12.1 Å². The number of aromatic nitrogens is 1. The van der Waals surface area contributed by atoms with Crippen LogP contribution in [0.1, 0.15) is 29.6 Å². The average molecular weight is 432 g/mol. The third kappa shape index (κ3) is 7.30. The molecule has 1 fully saturated rings. The zero-order valence-corrected chi connectivity index (χ0v) is 18.0. The summed E-state index contributed by atoms with van der Waals surface area (Å²) in [5, 5.41) is 9.28. The summed E-state index contributed by atoms with van der Waals surface area (Å²) in [7, 11) is 0. The van der Waals surface area contributed by atoms with Gasteiger partial charge in [0.2, 0.25) is 5.91 Å². The highest BCUT2D eigenvalue weighted by molar-refractivity contribution is 7.09. The minimum Gasteiger partial charge on any atom is -0.486 e. The number of piperidine rings is 1. The van der Waals surface area contributed by atoms with Crippen LogP contribution in [-0.4, -0.2) is 30.0 Å². The maximum Gasteiger partial charge on any atom is 0.226 e. The molecule has 1 saturated heterocycles. The Morgan fingerprint density at radius 1 is 1.33 bits per heavy atom. The number of benzene rings is 1. The van der Waals surface area contributed by atoms with Crippen molar-refractivity contribution in [1.29, 1.82) is 0 Å². The zero-order chi connectivity index (χ0) is 17.6. The molecule has 0 spiro atoms. The molecule has 2 unspecified atom stereocenters. The van der Waals surface area contributed by atoms with Gasteiger partial charge in [0.25, 0.3) is 0 Å². The molecule has 0 radical (unpaired) electrons. The summed E-state index contributed by atoms with van der Waals surface area (Å²) >= 11 is 1.53. The lowest BCUT2D eigenvalue weighted by Crippen LogP contribution is -2.50. The molecule has 3 rings (SSSR count). The monoisotopic (exact) mass is 431 g/mol. The highest BCUT2D eigenvalue weighted by Crippen LogP contribution is 2.17. The molecule has 5 nitrogen and oxygen atoms in total. The van der Waals surface area contributed by atoms with E-state index in [0.717, 1.165) is 36.0 Å². The van der Waals surface area contributed by atoms with Gasteiger partial charge in [0.15, 0.2) is 0 Å². The summed E-state index contributed by atoms with van der Waals surface area (Å²) in [5.74, 6) is 1.38. The van der Waals surface area contributed by atoms with Crippen LogP contribution in [-0.2, 0) is 17.8 Å². The van der Waals surface area contributed by atoms with Crippen molar-refractivity contribution in [3.63, 3.8) is 0 Å². The third-order valence-electron chi connectivity index (χ3n) is 4.50. The van der Waals surface area contributed by atoms with Crippen LogP contribution in [0.2, 0.25) is 0 Å². The summed E-state index contributed by atoms with van der Waals surface area (Å²) in [6.45, 7) is 6.55. The number of hydrogen-bond acceptors (Lipinski definition) is 5. The van der Waals surface area contributed by atoms with Crippen LogP contribution in [0.4, 0.5) is 0 Å². The molecule has 0 bridgehead atoms. The average Bonchev–Trinajstić information content (AvgIpc) is 3.04. The molecule has 1 aliphatic rings. The summed E-state index contributed by atoms with van der Waals surface area (Å²) in [4.78, 5) is 16.8. The second-order valence-electron chi connectivity index (χ2n) is 6.66. The Labute approximate surface area is 177 Å². The van der Waals surface area contributed by atoms with E-state index in [1.165, 1.54) is 16.9 Å². The highest BCUT2D eigenvalue weighted by atomic mass is 35.5. The van der Waals surface area contributed by atoms with E-state index in [4.69, 9.17) is 4.74 Å². The molecule has 2 aromatic rings. The van der Waals surface area contributed by atoms with Crippen molar-refractivity contribution in [2.75, 3.05) is 13.1 Å². The summed E-state index contributed by atoms with van der Waals surface area (Å²) in [6, 6.07) is 8.17. The number of aryl methyl sites for hydroxylation is 1. The van der Waals surface area contributed by atoms with Gasteiger partial charge in [-0.05, 0) is 37.9 Å². The van der Waals surface area contributed by atoms with Gasteiger partial charge in [-0.25, -0.2) is 4.98 Å². The lowest BCUT2D eigenvalue weighted by Gasteiger charge is -2.30. The van der Waals surface area contributed by atoms with Crippen LogP contribution in [0.5, 0.6) is 5.75 Å². The van der Waals surface area contributed by atoms with E-state index in [9.17, 15) is 4.79 Å². The van der Waals surface area contributed by atoms with Crippen molar-refractivity contribution >= 4 is 42.1 Å². The van der Waals surface area contributed by atoms with E-state index in [1.807, 2.05) is 36.6 Å². The fraction of sp³-hybridized carbons (Fsp3) is 0.474. The number of carbonyl (C=O) groups is 1. The molecule has 2 heterocycles. The Bertz CT molecular complexity index is 709. The third-order valence-corrected chi connectivity index (χ3v) is 5.37. The van der Waals surface area contributed by atoms with Crippen molar-refractivity contribution in [2.45, 2.75) is 39.3 Å². The first-order valence-electron chi connectivity index (χ1n) is 8.73. The molecule has 1 amide bonds. The fourth-order valence-electron chi connectivity index (χ4n) is 2.88. The minimum atomic E-state index is 0. The number of ether oxygens (including phenoxy) is 1. The number of rotatable bonds is 6. The number of nitrogens with zero attached hydrogens (tertiary/aromatic N) is 1. The van der Waals surface area contributed by atoms with Crippen LogP contribution >= 0.6 is 36.2 Å². The summed E-state index contributed by atoms with van der Waals surface area (Å²) in [5.41, 5.74) is 2.01. The van der Waals surface area contributed by atoms with Crippen LogP contribution in [0.3, 0.4) is 0 Å². The lowest BCUT2D eigenvalue weighted by atomic mass is 9.95. The fourth-order valence-corrected chi connectivity index (χ4v) is 3.59. The van der Waals surface area contributed by atoms with E-state index in [2.05, 4.69) is 22.5 Å². The van der Waals surface area contributed by atoms with Crippen molar-refractivity contribution < 1.29 is 9.53 Å². The molecule has 2 N–H and O–H groups in total. The van der Waals surface area contributed by atoms with Crippen LogP contribution in [0, 0.1) is 12.8 Å². The molecule has 1 aromatic heterocycles. The molecular weight excluding hydrogens is 405 g/mol. The van der Waals surface area contributed by atoms with Gasteiger partial charge in [-0.3, -0.25) is 4.79 Å². The van der Waals surface area contributed by atoms with Crippen LogP contribution < -0.4 is 15.4 Å². The van der Waals surface area contributed by atoms with Gasteiger partial charge in [0, 0.05) is 18.0 Å². The lowest BCUT2D eigenvalue weighted by molar-refractivity contribution is -0.121. The summed E-state index contributed by atoms with van der Waals surface area (Å²) in [6.07, 6.45) is 1.42. The zero-order valence-electron chi connectivity index (χ0n) is 15.6. The number of hydrogen-bond donors (Lipinski definition) is 2. The topological polar surface area (TPSA) is 63.2 Å². The number of carbonyl (C=O) groups excluding carboxylic acids is 1. The van der Waals surface area contributed by atoms with Gasteiger partial charge >= 0.3 is 0 Å². The number of amides is 1. The standard InChI is InChI=1S/C19H25N3O2S.2ClH/c1-13-3-5-16(6-4-13)24-11-19-21-15(12-25-19)9-18(23)22-17-10-20-8-7-14(17)2;;/h3-6,12,14,17,20H,7-11H2,1-2H3,(H,22,23);2*1H. The number of nitrogens with one attached hydrogen (secondary N) is 2. The molecule has 8 heteroatoms. The van der Waals surface area contributed by atoms with Gasteiger partial charge in [0.1, 0.15) is 17.4 Å². The predicted octanol–water partition coefficient (Wildman–Crippen LogP) is 3.53. The maximum absolute atomic E-state index is 12.2. The number of thiazole rings is 1. The molecule has 1 aromatic carbocycles. The van der Waals surface area contributed by atoms with Gasteiger partial charge in [-0.2, -0.15) is 0 Å². The highest BCUT2D eigenvalue weighted by Gasteiger charge is 2.22. The molecule has 150 valence electrons. The smallest absolute Gasteiger partial charge is 0.226 e. The van der Waals surface area contributed by atoms with Crippen molar-refractivity contribution in [2.24, 2.45) is 5.92 Å². The Kier molecular flexibility index (Phi) is 10.1. The van der Waals surface area contributed by atoms with E-state index in [1.54, 1.807) is 0 Å². The molecule has 0 saturated carbocycles. The molecule has 1 aliphatic heterocycles. The second kappa shape index (κ2) is 11.5. The Morgan fingerprint density at radius 3 is 2.78 bits per heavy atom. The quantitative estimate of drug-likeness (QED) is 0.733. The normalized spacial score (nSPS) is 18.7. The van der Waals surface area contributed by atoms with E-state index in [-0.39, 0.29) is 36.8 Å². The van der Waals surface area contributed by atoms with Gasteiger partial charge in [-0.15, -0.1) is 36.2 Å². The van der Waals surface area contributed by atoms with Crippen molar-refractivity contribution in [1.82, 2.24) is 15.6 Å². The first-order valence-corrected chi connectivity index (χ1v) is 9.61. The first kappa shape index (κ1) is 23.7. The number of halogens is 2. The molecule has 27 heavy (non-hydrogen) atoms.